The van der Waals surface area contributed by atoms with E-state index in [0.29, 0.717) is 19.7 Å². The molecule has 1 atom stereocenters. The predicted octanol–water partition coefficient (Wildman–Crippen LogP) is 1.77. The van der Waals surface area contributed by atoms with Gasteiger partial charge in [0.15, 0.2) is 11.5 Å². The van der Waals surface area contributed by atoms with Crippen LogP contribution in [0.4, 0.5) is 0 Å². The second kappa shape index (κ2) is 7.01. The summed E-state index contributed by atoms with van der Waals surface area (Å²) in [6.07, 6.45) is 2.24. The first-order valence-corrected chi connectivity index (χ1v) is 8.15. The van der Waals surface area contributed by atoms with E-state index in [1.54, 1.807) is 0 Å². The molecule has 5 heteroatoms. The van der Waals surface area contributed by atoms with Crippen LogP contribution in [0, 0.1) is 0 Å². The monoisotopic (exact) mass is 304 g/mol. The molecule has 5 nitrogen and oxygen atoms in total. The third kappa shape index (κ3) is 3.53. The number of rotatable bonds is 5. The highest BCUT2D eigenvalue weighted by atomic mass is 16.6. The number of nitrogens with zero attached hydrogens (tertiary/aromatic N) is 2. The highest BCUT2D eigenvalue weighted by Crippen LogP contribution is 2.30. The minimum atomic E-state index is -0.0266. The van der Waals surface area contributed by atoms with Crippen molar-refractivity contribution in [2.45, 2.75) is 25.9 Å². The Morgan fingerprint density at radius 1 is 1.27 bits per heavy atom. The largest absolute Gasteiger partial charge is 0.486 e. The van der Waals surface area contributed by atoms with Crippen molar-refractivity contribution in [1.82, 2.24) is 9.80 Å². The zero-order valence-corrected chi connectivity index (χ0v) is 13.2. The molecule has 120 valence electrons. The van der Waals surface area contributed by atoms with Crippen molar-refractivity contribution < 1.29 is 14.3 Å². The van der Waals surface area contributed by atoms with Gasteiger partial charge >= 0.3 is 0 Å². The normalized spacial score (nSPS) is 20.5. The fourth-order valence-corrected chi connectivity index (χ4v) is 3.00. The van der Waals surface area contributed by atoms with Gasteiger partial charge in [0.2, 0.25) is 5.91 Å². The molecule has 0 N–H and O–H groups in total. The Morgan fingerprint density at radius 3 is 2.73 bits per heavy atom. The molecule has 2 aliphatic heterocycles. The lowest BCUT2D eigenvalue weighted by Gasteiger charge is -2.31. The van der Waals surface area contributed by atoms with Gasteiger partial charge in [-0.3, -0.25) is 9.69 Å². The molecule has 22 heavy (non-hydrogen) atoms. The lowest BCUT2D eigenvalue weighted by Crippen LogP contribution is -2.45. The summed E-state index contributed by atoms with van der Waals surface area (Å²) >= 11 is 0. The van der Waals surface area contributed by atoms with Gasteiger partial charge in [0.1, 0.15) is 12.7 Å². The Bertz CT molecular complexity index is 514. The van der Waals surface area contributed by atoms with Gasteiger partial charge in [-0.1, -0.05) is 19.1 Å². The summed E-state index contributed by atoms with van der Waals surface area (Å²) in [5, 5.41) is 0. The first kappa shape index (κ1) is 15.2. The minimum Gasteiger partial charge on any atom is -0.486 e. The number of likely N-dealkylation sites (N-methyl/N-ethyl adjacent to an activating group) is 1. The molecule has 0 saturated carbocycles. The average Bonchev–Trinajstić information content (AvgIpc) is 3.08. The molecule has 0 spiro atoms. The summed E-state index contributed by atoms with van der Waals surface area (Å²) < 4.78 is 11.7. The van der Waals surface area contributed by atoms with Crippen molar-refractivity contribution in [3.05, 3.63) is 24.3 Å². The minimum absolute atomic E-state index is 0.0266. The number of hydrogen-bond donors (Lipinski definition) is 0. The number of fused-ring (bicyclic) bond motifs is 1. The third-order valence-corrected chi connectivity index (χ3v) is 4.29. The van der Waals surface area contributed by atoms with Crippen LogP contribution < -0.4 is 9.47 Å². The first-order valence-electron chi connectivity index (χ1n) is 8.15. The molecule has 3 rings (SSSR count). The van der Waals surface area contributed by atoms with Crippen LogP contribution >= 0.6 is 0 Å². The summed E-state index contributed by atoms with van der Waals surface area (Å²) in [7, 11) is 0. The molecule has 1 aromatic carbocycles. The van der Waals surface area contributed by atoms with E-state index >= 15 is 0 Å². The van der Waals surface area contributed by atoms with Gasteiger partial charge in [-0.15, -0.1) is 0 Å². The van der Waals surface area contributed by atoms with E-state index in [-0.39, 0.29) is 12.0 Å². The van der Waals surface area contributed by atoms with Crippen LogP contribution in [0.1, 0.15) is 19.8 Å². The molecule has 1 amide bonds. The number of hydrogen-bond acceptors (Lipinski definition) is 4. The summed E-state index contributed by atoms with van der Waals surface area (Å²) in [5.74, 6) is 1.83. The Labute approximate surface area is 131 Å². The van der Waals surface area contributed by atoms with Gasteiger partial charge in [-0.05, 0) is 31.5 Å². The topological polar surface area (TPSA) is 42.0 Å². The van der Waals surface area contributed by atoms with E-state index in [1.807, 2.05) is 29.2 Å². The molecular weight excluding hydrogens is 280 g/mol. The Hall–Kier alpha value is -1.75. The van der Waals surface area contributed by atoms with Crippen LogP contribution in [0.5, 0.6) is 11.5 Å². The van der Waals surface area contributed by atoms with Crippen LogP contribution in [0.15, 0.2) is 24.3 Å². The molecule has 1 fully saturated rings. The quantitative estimate of drug-likeness (QED) is 0.831. The van der Waals surface area contributed by atoms with Gasteiger partial charge < -0.3 is 14.4 Å². The lowest BCUT2D eigenvalue weighted by atomic mass is 10.2. The molecule has 1 saturated heterocycles. The molecule has 0 radical (unpaired) electrons. The van der Waals surface area contributed by atoms with Crippen molar-refractivity contribution >= 4 is 5.91 Å². The highest BCUT2D eigenvalue weighted by Gasteiger charge is 2.25. The van der Waals surface area contributed by atoms with Gasteiger partial charge in [0, 0.05) is 19.6 Å². The fourth-order valence-electron chi connectivity index (χ4n) is 3.00. The molecule has 0 aromatic heterocycles. The molecular formula is C17H24N2O3. The average molecular weight is 304 g/mol. The molecule has 2 aliphatic rings. The highest BCUT2D eigenvalue weighted by molar-refractivity contribution is 5.78. The van der Waals surface area contributed by atoms with Crippen LogP contribution in [0.3, 0.4) is 0 Å². The standard InChI is InChI=1S/C17H24N2O3/c1-2-18(12-17(20)19-9-5-6-10-19)11-14-13-21-15-7-3-4-8-16(15)22-14/h3-4,7-8,14H,2,5-6,9-13H2,1H3. The number of carbonyl (C=O) groups excluding carboxylic acids is 1. The van der Waals surface area contributed by atoms with Crippen LogP contribution in [0.2, 0.25) is 0 Å². The Morgan fingerprint density at radius 2 is 2.00 bits per heavy atom. The van der Waals surface area contributed by atoms with E-state index in [2.05, 4.69) is 11.8 Å². The smallest absolute Gasteiger partial charge is 0.236 e. The number of benzene rings is 1. The van der Waals surface area contributed by atoms with E-state index in [9.17, 15) is 4.79 Å². The van der Waals surface area contributed by atoms with Crippen LogP contribution in [-0.4, -0.2) is 61.1 Å². The zero-order valence-electron chi connectivity index (χ0n) is 13.2. The van der Waals surface area contributed by atoms with Crippen LogP contribution in [-0.2, 0) is 4.79 Å². The number of carbonyl (C=O) groups is 1. The summed E-state index contributed by atoms with van der Waals surface area (Å²) in [6, 6.07) is 7.72. The van der Waals surface area contributed by atoms with Crippen molar-refractivity contribution in [2.75, 3.05) is 39.3 Å². The Kier molecular flexibility index (Phi) is 4.83. The van der Waals surface area contributed by atoms with E-state index in [1.165, 1.54) is 0 Å². The molecule has 2 heterocycles. The van der Waals surface area contributed by atoms with Crippen molar-refractivity contribution in [2.24, 2.45) is 0 Å². The Balaban J connectivity index is 1.53. The molecule has 0 aliphatic carbocycles. The molecule has 1 unspecified atom stereocenters. The third-order valence-electron chi connectivity index (χ3n) is 4.29. The van der Waals surface area contributed by atoms with E-state index < -0.39 is 0 Å². The van der Waals surface area contributed by atoms with Gasteiger partial charge in [-0.2, -0.15) is 0 Å². The fraction of sp³-hybridized carbons (Fsp3) is 0.588. The molecule has 1 aromatic rings. The maximum Gasteiger partial charge on any atom is 0.236 e. The lowest BCUT2D eigenvalue weighted by molar-refractivity contribution is -0.131. The van der Waals surface area contributed by atoms with Gasteiger partial charge in [0.05, 0.1) is 6.54 Å². The van der Waals surface area contributed by atoms with E-state index in [4.69, 9.17) is 9.47 Å². The SMILES string of the molecule is CCN(CC(=O)N1CCCC1)CC1COc2ccccc2O1. The number of amides is 1. The summed E-state index contributed by atoms with van der Waals surface area (Å²) in [4.78, 5) is 16.4. The van der Waals surface area contributed by atoms with Crippen molar-refractivity contribution in [3.8, 4) is 11.5 Å². The number of para-hydroxylation sites is 2. The number of ether oxygens (including phenoxy) is 2. The zero-order chi connectivity index (χ0) is 15.4. The van der Waals surface area contributed by atoms with E-state index in [0.717, 1.165) is 44.0 Å². The summed E-state index contributed by atoms with van der Waals surface area (Å²) in [6.45, 7) is 6.45. The molecule has 0 bridgehead atoms. The maximum absolute atomic E-state index is 12.3. The number of likely N-dealkylation sites (tertiary alicyclic amines) is 1. The second-order valence-electron chi connectivity index (χ2n) is 5.91. The first-order chi connectivity index (χ1) is 10.8. The maximum atomic E-state index is 12.3. The van der Waals surface area contributed by atoms with Gasteiger partial charge in [0.25, 0.3) is 0 Å². The van der Waals surface area contributed by atoms with Gasteiger partial charge in [-0.25, -0.2) is 0 Å². The predicted molar refractivity (Wildman–Crippen MR) is 84.3 cm³/mol. The van der Waals surface area contributed by atoms with Crippen molar-refractivity contribution in [3.63, 3.8) is 0 Å². The second-order valence-corrected chi connectivity index (χ2v) is 5.91. The van der Waals surface area contributed by atoms with Crippen LogP contribution in [0.25, 0.3) is 0 Å². The summed E-state index contributed by atoms with van der Waals surface area (Å²) in [5.41, 5.74) is 0. The van der Waals surface area contributed by atoms with Crippen molar-refractivity contribution in [1.29, 1.82) is 0 Å².